The molecule has 0 fully saturated rings. The lowest BCUT2D eigenvalue weighted by Crippen LogP contribution is -2.38. The molecule has 2 aliphatic rings. The van der Waals surface area contributed by atoms with Crippen LogP contribution < -0.4 is 15.2 Å². The highest BCUT2D eigenvalue weighted by Crippen LogP contribution is 2.54. The van der Waals surface area contributed by atoms with Crippen molar-refractivity contribution in [1.82, 2.24) is 4.98 Å². The van der Waals surface area contributed by atoms with Gasteiger partial charge in [-0.15, -0.1) is 0 Å². The number of fused-ring (bicyclic) bond motifs is 4. The van der Waals surface area contributed by atoms with Gasteiger partial charge in [0.15, 0.2) is 11.6 Å². The summed E-state index contributed by atoms with van der Waals surface area (Å²) in [6, 6.07) is 12.3. The van der Waals surface area contributed by atoms with Crippen molar-refractivity contribution in [2.45, 2.75) is 31.5 Å². The number of halogens is 2. The molecule has 1 atom stereocenters. The van der Waals surface area contributed by atoms with Crippen LogP contribution in [0.5, 0.6) is 17.2 Å². The van der Waals surface area contributed by atoms with Gasteiger partial charge in [-0.05, 0) is 43.7 Å². The number of ether oxygens (including phenoxy) is 3. The van der Waals surface area contributed by atoms with E-state index in [2.05, 4.69) is 9.98 Å². The molecule has 0 saturated carbocycles. The van der Waals surface area contributed by atoms with Gasteiger partial charge in [0.2, 0.25) is 0 Å². The predicted molar refractivity (Wildman–Crippen MR) is 120 cm³/mol. The van der Waals surface area contributed by atoms with Crippen molar-refractivity contribution in [3.8, 4) is 28.4 Å². The summed E-state index contributed by atoms with van der Waals surface area (Å²) in [5.74, 6) is 0.0841. The number of aromatic nitrogens is 1. The van der Waals surface area contributed by atoms with E-state index in [0.29, 0.717) is 17.7 Å². The average molecular weight is 451 g/mol. The minimum Gasteiger partial charge on any atom is -0.490 e. The summed E-state index contributed by atoms with van der Waals surface area (Å²) in [7, 11) is 0. The molecule has 2 N–H and O–H groups in total. The molecule has 2 aromatic carbocycles. The Balaban J connectivity index is 1.69. The SMILES string of the molecule is CC(C)(F)COc1cc(F)c2c(c1)C1(CCOC(N)=N1)c1cc(-c3cccnc3)ccc1O2. The Bertz CT molecular complexity index is 1240. The van der Waals surface area contributed by atoms with Gasteiger partial charge in [0.25, 0.3) is 6.02 Å². The average Bonchev–Trinajstić information content (AvgIpc) is 2.79. The number of hydrogen-bond acceptors (Lipinski definition) is 6. The lowest BCUT2D eigenvalue weighted by atomic mass is 9.77. The lowest BCUT2D eigenvalue weighted by molar-refractivity contribution is 0.120. The third kappa shape index (κ3) is 3.86. The number of benzene rings is 2. The summed E-state index contributed by atoms with van der Waals surface area (Å²) >= 11 is 0. The molecule has 2 aliphatic heterocycles. The highest BCUT2D eigenvalue weighted by molar-refractivity contribution is 5.76. The molecule has 8 heteroatoms. The third-order valence-electron chi connectivity index (χ3n) is 5.69. The molecule has 0 bridgehead atoms. The van der Waals surface area contributed by atoms with Crippen LogP contribution in [0.15, 0.2) is 59.9 Å². The molecular formula is C25H23F2N3O3. The van der Waals surface area contributed by atoms with Gasteiger partial charge >= 0.3 is 0 Å². The van der Waals surface area contributed by atoms with E-state index in [-0.39, 0.29) is 30.7 Å². The monoisotopic (exact) mass is 451 g/mol. The summed E-state index contributed by atoms with van der Waals surface area (Å²) in [5, 5.41) is 0. The summed E-state index contributed by atoms with van der Waals surface area (Å²) in [5.41, 5.74) is 6.38. The normalized spacial score (nSPS) is 19.1. The summed E-state index contributed by atoms with van der Waals surface area (Å²) in [6.07, 6.45) is 3.87. The van der Waals surface area contributed by atoms with Gasteiger partial charge < -0.3 is 19.9 Å². The van der Waals surface area contributed by atoms with Gasteiger partial charge in [-0.1, -0.05) is 12.1 Å². The Morgan fingerprint density at radius 2 is 2.00 bits per heavy atom. The second-order valence-electron chi connectivity index (χ2n) is 8.75. The fourth-order valence-electron chi connectivity index (χ4n) is 4.20. The first-order valence-corrected chi connectivity index (χ1v) is 10.6. The smallest absolute Gasteiger partial charge is 0.283 e. The second-order valence-corrected chi connectivity index (χ2v) is 8.75. The molecule has 3 aromatic rings. The van der Waals surface area contributed by atoms with Crippen molar-refractivity contribution in [2.24, 2.45) is 10.7 Å². The maximum Gasteiger partial charge on any atom is 0.283 e. The Kier molecular flexibility index (Phi) is 4.96. The van der Waals surface area contributed by atoms with Gasteiger partial charge in [-0.2, -0.15) is 0 Å². The topological polar surface area (TPSA) is 79.0 Å². The van der Waals surface area contributed by atoms with Crippen molar-refractivity contribution < 1.29 is 23.0 Å². The van der Waals surface area contributed by atoms with Crippen LogP contribution in [-0.4, -0.2) is 29.9 Å². The summed E-state index contributed by atoms with van der Waals surface area (Å²) in [4.78, 5) is 8.86. The van der Waals surface area contributed by atoms with Crippen LogP contribution in [0, 0.1) is 5.82 Å². The molecule has 1 unspecified atom stereocenters. The second kappa shape index (κ2) is 7.72. The third-order valence-corrected chi connectivity index (χ3v) is 5.69. The minimum atomic E-state index is -1.58. The van der Waals surface area contributed by atoms with E-state index in [4.69, 9.17) is 19.9 Å². The minimum absolute atomic E-state index is 0.00320. The maximum atomic E-state index is 15.2. The summed E-state index contributed by atoms with van der Waals surface area (Å²) in [6.45, 7) is 2.85. The Morgan fingerprint density at radius 3 is 2.73 bits per heavy atom. The van der Waals surface area contributed by atoms with Gasteiger partial charge in [0, 0.05) is 41.6 Å². The van der Waals surface area contributed by atoms with Crippen LogP contribution in [0.2, 0.25) is 0 Å². The summed E-state index contributed by atoms with van der Waals surface area (Å²) < 4.78 is 46.2. The molecule has 0 amide bonds. The van der Waals surface area contributed by atoms with Crippen molar-refractivity contribution >= 4 is 6.02 Å². The fraction of sp³-hybridized carbons (Fsp3) is 0.280. The number of nitrogens with two attached hydrogens (primary N) is 1. The quantitative estimate of drug-likeness (QED) is 0.597. The first-order valence-electron chi connectivity index (χ1n) is 10.6. The van der Waals surface area contributed by atoms with E-state index >= 15 is 4.39 Å². The van der Waals surface area contributed by atoms with Gasteiger partial charge in [0.1, 0.15) is 29.3 Å². The van der Waals surface area contributed by atoms with Gasteiger partial charge in [-0.25, -0.2) is 13.8 Å². The van der Waals surface area contributed by atoms with Crippen molar-refractivity contribution in [3.63, 3.8) is 0 Å². The Morgan fingerprint density at radius 1 is 1.15 bits per heavy atom. The fourth-order valence-corrected chi connectivity index (χ4v) is 4.20. The molecule has 0 aliphatic carbocycles. The van der Waals surface area contributed by atoms with Gasteiger partial charge in [-0.3, -0.25) is 4.98 Å². The number of nitrogens with zero attached hydrogens (tertiary/aromatic N) is 2. The first-order chi connectivity index (χ1) is 15.7. The number of alkyl halides is 1. The standard InChI is InChI=1S/C25H23F2N3O3/c1-24(2,27)14-32-17-11-19-22(20(26)12-17)33-21-6-5-15(16-4-3-8-29-13-16)10-18(21)25(19)7-9-31-23(28)30-25/h3-6,8,10-13H,7,9,14H2,1-2H3,(H2,28,30). The highest BCUT2D eigenvalue weighted by Gasteiger charge is 2.46. The van der Waals surface area contributed by atoms with E-state index in [1.165, 1.54) is 19.9 Å². The Hall–Kier alpha value is -3.68. The van der Waals surface area contributed by atoms with E-state index in [9.17, 15) is 4.39 Å². The molecule has 0 saturated heterocycles. The first kappa shape index (κ1) is 21.2. The number of hydrogen-bond donors (Lipinski definition) is 1. The zero-order valence-corrected chi connectivity index (χ0v) is 18.3. The zero-order chi connectivity index (χ0) is 23.2. The van der Waals surface area contributed by atoms with E-state index in [1.54, 1.807) is 24.5 Å². The molecule has 170 valence electrons. The van der Waals surface area contributed by atoms with Gasteiger partial charge in [0.05, 0.1) is 6.61 Å². The molecular weight excluding hydrogens is 428 g/mol. The molecule has 1 aromatic heterocycles. The maximum absolute atomic E-state index is 15.2. The molecule has 33 heavy (non-hydrogen) atoms. The molecule has 3 heterocycles. The molecule has 1 spiro atoms. The molecule has 6 nitrogen and oxygen atoms in total. The van der Waals surface area contributed by atoms with Crippen molar-refractivity contribution in [1.29, 1.82) is 0 Å². The predicted octanol–water partition coefficient (Wildman–Crippen LogP) is 5.10. The number of amidine groups is 1. The highest BCUT2D eigenvalue weighted by atomic mass is 19.1. The Labute approximate surface area is 190 Å². The lowest BCUT2D eigenvalue weighted by Gasteiger charge is -2.39. The zero-order valence-electron chi connectivity index (χ0n) is 18.3. The number of rotatable bonds is 4. The van der Waals surface area contributed by atoms with Crippen molar-refractivity contribution in [2.75, 3.05) is 13.2 Å². The van der Waals surface area contributed by atoms with E-state index in [0.717, 1.165) is 16.7 Å². The van der Waals surface area contributed by atoms with Crippen LogP contribution in [0.25, 0.3) is 11.1 Å². The van der Waals surface area contributed by atoms with Crippen LogP contribution in [-0.2, 0) is 10.3 Å². The van der Waals surface area contributed by atoms with Crippen LogP contribution >= 0.6 is 0 Å². The van der Waals surface area contributed by atoms with Crippen LogP contribution in [0.3, 0.4) is 0 Å². The number of pyridine rings is 1. The van der Waals surface area contributed by atoms with E-state index < -0.39 is 17.0 Å². The molecule has 5 rings (SSSR count). The van der Waals surface area contributed by atoms with E-state index in [1.807, 2.05) is 24.3 Å². The van der Waals surface area contributed by atoms with Crippen LogP contribution in [0.1, 0.15) is 31.4 Å². The number of aliphatic imine (C=N–C) groups is 1. The molecule has 0 radical (unpaired) electrons. The van der Waals surface area contributed by atoms with Crippen molar-refractivity contribution in [3.05, 3.63) is 71.8 Å². The largest absolute Gasteiger partial charge is 0.490 e. The van der Waals surface area contributed by atoms with Crippen LogP contribution in [0.4, 0.5) is 8.78 Å².